The lowest BCUT2D eigenvalue weighted by Gasteiger charge is -2.15. The molecule has 0 radical (unpaired) electrons. The van der Waals surface area contributed by atoms with Gasteiger partial charge in [-0.05, 0) is 12.8 Å². The van der Waals surface area contributed by atoms with Crippen molar-refractivity contribution in [3.63, 3.8) is 0 Å². The number of nitrogens with one attached hydrogen (secondary N) is 2. The first-order valence-electron chi connectivity index (χ1n) is 5.48. The minimum absolute atomic E-state index is 0.937. The van der Waals surface area contributed by atoms with Crippen molar-refractivity contribution >= 4 is 34.8 Å². The summed E-state index contributed by atoms with van der Waals surface area (Å²) in [6.45, 7) is 2.00. The van der Waals surface area contributed by atoms with Gasteiger partial charge in [-0.1, -0.05) is 0 Å². The van der Waals surface area contributed by atoms with E-state index in [1.165, 1.54) is 23.6 Å². The molecule has 0 spiro atoms. The van der Waals surface area contributed by atoms with Crippen molar-refractivity contribution in [1.82, 2.24) is 10.7 Å². The molecule has 0 aromatic heterocycles. The van der Waals surface area contributed by atoms with E-state index in [4.69, 9.17) is 0 Å². The number of hydrogen-bond donors (Lipinski definition) is 2. The van der Waals surface area contributed by atoms with Gasteiger partial charge in [-0.2, -0.15) is 5.10 Å². The van der Waals surface area contributed by atoms with Gasteiger partial charge >= 0.3 is 0 Å². The molecule has 1 saturated heterocycles. The van der Waals surface area contributed by atoms with Crippen molar-refractivity contribution in [2.75, 3.05) is 24.6 Å². The van der Waals surface area contributed by atoms with Gasteiger partial charge in [0.25, 0.3) is 0 Å². The fourth-order valence-electron chi connectivity index (χ4n) is 1.35. The first-order chi connectivity index (χ1) is 7.95. The highest BCUT2D eigenvalue weighted by atomic mass is 32.2. The molecule has 0 bridgehead atoms. The Morgan fingerprint density at radius 2 is 2.25 bits per heavy atom. The van der Waals surface area contributed by atoms with E-state index in [2.05, 4.69) is 20.8 Å². The lowest BCUT2D eigenvalue weighted by atomic mass is 10.5. The van der Waals surface area contributed by atoms with Gasteiger partial charge in [-0.3, -0.25) is 10.4 Å². The van der Waals surface area contributed by atoms with Gasteiger partial charge in [0.1, 0.15) is 5.04 Å². The van der Waals surface area contributed by atoms with Crippen LogP contribution in [0.25, 0.3) is 0 Å². The number of aliphatic imine (C=N–C) groups is 1. The molecule has 16 heavy (non-hydrogen) atoms. The highest BCUT2D eigenvalue weighted by molar-refractivity contribution is 8.15. The summed E-state index contributed by atoms with van der Waals surface area (Å²) in [7, 11) is 0. The van der Waals surface area contributed by atoms with E-state index in [0.29, 0.717) is 0 Å². The van der Waals surface area contributed by atoms with E-state index in [1.54, 1.807) is 18.0 Å². The summed E-state index contributed by atoms with van der Waals surface area (Å²) in [5, 5.41) is 9.64. The maximum atomic E-state index is 4.36. The van der Waals surface area contributed by atoms with Crippen LogP contribution in [0.5, 0.6) is 0 Å². The summed E-state index contributed by atoms with van der Waals surface area (Å²) in [5.74, 6) is 2.34. The van der Waals surface area contributed by atoms with Gasteiger partial charge in [-0.25, -0.2) is 0 Å². The van der Waals surface area contributed by atoms with E-state index in [0.717, 1.165) is 23.9 Å². The Morgan fingerprint density at radius 3 is 3.00 bits per heavy atom. The zero-order valence-electron chi connectivity index (χ0n) is 9.11. The van der Waals surface area contributed by atoms with E-state index >= 15 is 0 Å². The Balaban J connectivity index is 1.73. The number of hydrogen-bond acceptors (Lipinski definition) is 6. The second-order valence-electron chi connectivity index (χ2n) is 3.45. The molecular weight excluding hydrogens is 240 g/mol. The quantitative estimate of drug-likeness (QED) is 0.595. The summed E-state index contributed by atoms with van der Waals surface area (Å²) in [6.07, 6.45) is 6.13. The topological polar surface area (TPSA) is 48.8 Å². The zero-order valence-corrected chi connectivity index (χ0v) is 10.7. The Hall–Kier alpha value is -0.620. The first kappa shape index (κ1) is 11.9. The number of thioether (sulfide) groups is 2. The second kappa shape index (κ2) is 6.85. The molecule has 0 aliphatic carbocycles. The standard InChI is InChI=1S/C10H16N4S2/c1-3-11-9(15-5-1)7-13-14-8-10-12-4-2-6-16-10/h7-8,11,13H,1-6H2. The third kappa shape index (κ3) is 4.09. The highest BCUT2D eigenvalue weighted by Crippen LogP contribution is 2.16. The van der Waals surface area contributed by atoms with E-state index in [-0.39, 0.29) is 0 Å². The predicted octanol–water partition coefficient (Wildman–Crippen LogP) is 1.62. The molecule has 4 nitrogen and oxygen atoms in total. The van der Waals surface area contributed by atoms with E-state index < -0.39 is 0 Å². The highest BCUT2D eigenvalue weighted by Gasteiger charge is 2.03. The molecular formula is C10H16N4S2. The van der Waals surface area contributed by atoms with Crippen LogP contribution in [0.15, 0.2) is 21.3 Å². The van der Waals surface area contributed by atoms with Crippen molar-refractivity contribution in [1.29, 1.82) is 0 Å². The fraction of sp³-hybridized carbons (Fsp3) is 0.600. The largest absolute Gasteiger partial charge is 0.379 e. The average Bonchev–Trinajstić information content (AvgIpc) is 2.37. The van der Waals surface area contributed by atoms with Gasteiger partial charge in [0.15, 0.2) is 0 Å². The Labute approximate surface area is 104 Å². The van der Waals surface area contributed by atoms with E-state index in [9.17, 15) is 0 Å². The van der Waals surface area contributed by atoms with Crippen LogP contribution < -0.4 is 10.7 Å². The second-order valence-corrected chi connectivity index (χ2v) is 5.70. The molecule has 1 fully saturated rings. The van der Waals surface area contributed by atoms with Crippen molar-refractivity contribution in [2.24, 2.45) is 10.1 Å². The van der Waals surface area contributed by atoms with Crippen LogP contribution in [-0.2, 0) is 0 Å². The number of nitrogens with zero attached hydrogens (tertiary/aromatic N) is 2. The van der Waals surface area contributed by atoms with Crippen molar-refractivity contribution in [3.05, 3.63) is 11.2 Å². The van der Waals surface area contributed by atoms with Crippen molar-refractivity contribution < 1.29 is 0 Å². The Bertz CT molecular complexity index is 304. The van der Waals surface area contributed by atoms with Crippen LogP contribution >= 0.6 is 23.5 Å². The Morgan fingerprint density at radius 1 is 1.31 bits per heavy atom. The third-order valence-electron chi connectivity index (χ3n) is 2.14. The molecule has 0 unspecified atom stereocenters. The van der Waals surface area contributed by atoms with Crippen molar-refractivity contribution in [3.8, 4) is 0 Å². The summed E-state index contributed by atoms with van der Waals surface area (Å²) < 4.78 is 0. The molecule has 0 amide bonds. The average molecular weight is 256 g/mol. The first-order valence-corrected chi connectivity index (χ1v) is 7.45. The van der Waals surface area contributed by atoms with Crippen LogP contribution in [0.3, 0.4) is 0 Å². The SMILES string of the molecule is C(=NNC=C1NCCCS1)C1=NCCCS1. The smallest absolute Gasteiger partial charge is 0.110 e. The fourth-order valence-corrected chi connectivity index (χ4v) is 2.99. The summed E-state index contributed by atoms with van der Waals surface area (Å²) >= 11 is 3.60. The lowest BCUT2D eigenvalue weighted by Crippen LogP contribution is -2.20. The molecule has 0 aromatic rings. The molecule has 2 heterocycles. The van der Waals surface area contributed by atoms with Crippen molar-refractivity contribution in [2.45, 2.75) is 12.8 Å². The number of hydrazone groups is 1. The van der Waals surface area contributed by atoms with E-state index in [1.807, 2.05) is 18.0 Å². The van der Waals surface area contributed by atoms with Crippen LogP contribution in [0.1, 0.15) is 12.8 Å². The van der Waals surface area contributed by atoms with Crippen LogP contribution in [-0.4, -0.2) is 35.9 Å². The van der Waals surface area contributed by atoms with Gasteiger partial charge < -0.3 is 5.32 Å². The maximum Gasteiger partial charge on any atom is 0.110 e. The van der Waals surface area contributed by atoms with Crippen LogP contribution in [0.4, 0.5) is 0 Å². The monoisotopic (exact) mass is 256 g/mol. The number of rotatable bonds is 3. The normalized spacial score (nSPS) is 24.2. The lowest BCUT2D eigenvalue weighted by molar-refractivity contribution is 0.778. The summed E-state index contributed by atoms with van der Waals surface area (Å²) in [6, 6.07) is 0. The molecule has 6 heteroatoms. The summed E-state index contributed by atoms with van der Waals surface area (Å²) in [5.41, 5.74) is 2.93. The maximum absolute atomic E-state index is 4.36. The molecule has 2 aliphatic heterocycles. The molecule has 0 saturated carbocycles. The molecule has 0 aromatic carbocycles. The molecule has 2 aliphatic rings. The Kier molecular flexibility index (Phi) is 5.08. The minimum atomic E-state index is 0.937. The van der Waals surface area contributed by atoms with Crippen LogP contribution in [0.2, 0.25) is 0 Å². The predicted molar refractivity (Wildman–Crippen MR) is 74.2 cm³/mol. The molecule has 88 valence electrons. The van der Waals surface area contributed by atoms with Gasteiger partial charge in [-0.15, -0.1) is 23.5 Å². The van der Waals surface area contributed by atoms with Crippen LogP contribution in [0, 0.1) is 0 Å². The van der Waals surface area contributed by atoms with Gasteiger partial charge in [0.05, 0.1) is 11.2 Å². The summed E-state index contributed by atoms with van der Waals surface area (Å²) in [4.78, 5) is 4.36. The zero-order chi connectivity index (χ0) is 11.1. The molecule has 2 N–H and O–H groups in total. The molecule has 2 rings (SSSR count). The molecule has 0 atom stereocenters. The minimum Gasteiger partial charge on any atom is -0.379 e. The van der Waals surface area contributed by atoms with Gasteiger partial charge in [0, 0.05) is 30.8 Å². The third-order valence-corrected chi connectivity index (χ3v) is 4.23. The van der Waals surface area contributed by atoms with Gasteiger partial charge in [0.2, 0.25) is 0 Å².